The summed E-state index contributed by atoms with van der Waals surface area (Å²) >= 11 is 1.48. The molecule has 0 spiro atoms. The Labute approximate surface area is 132 Å². The highest BCUT2D eigenvalue weighted by Gasteiger charge is 2.20. The third-order valence-corrected chi connectivity index (χ3v) is 4.66. The van der Waals surface area contributed by atoms with E-state index in [2.05, 4.69) is 4.98 Å². The van der Waals surface area contributed by atoms with E-state index < -0.39 is 12.0 Å². The van der Waals surface area contributed by atoms with E-state index in [1.54, 1.807) is 6.92 Å². The highest BCUT2D eigenvalue weighted by molar-refractivity contribution is 7.18. The lowest BCUT2D eigenvalue weighted by Gasteiger charge is -2.14. The number of ether oxygens (including phenoxy) is 2. The molecule has 0 aliphatic carbocycles. The fourth-order valence-corrected chi connectivity index (χ4v) is 3.09. The van der Waals surface area contributed by atoms with Gasteiger partial charge in [-0.1, -0.05) is 0 Å². The van der Waals surface area contributed by atoms with Gasteiger partial charge in [-0.15, -0.1) is 11.3 Å². The molecule has 1 atom stereocenters. The number of rotatable bonds is 6. The molecule has 2 aromatic rings. The van der Waals surface area contributed by atoms with Crippen molar-refractivity contribution in [2.75, 3.05) is 19.8 Å². The van der Waals surface area contributed by atoms with Gasteiger partial charge in [-0.3, -0.25) is 9.36 Å². The summed E-state index contributed by atoms with van der Waals surface area (Å²) in [5, 5.41) is 0.582. The Bertz CT molecular complexity index is 735. The summed E-state index contributed by atoms with van der Waals surface area (Å²) in [6.45, 7) is 8.46. The van der Waals surface area contributed by atoms with Crippen LogP contribution in [0.15, 0.2) is 11.1 Å². The van der Waals surface area contributed by atoms with Crippen LogP contribution in [0.4, 0.5) is 0 Å². The predicted molar refractivity (Wildman–Crippen MR) is 85.5 cm³/mol. The minimum absolute atomic E-state index is 0.179. The number of carbonyl (C=O) groups excluding carboxylic acids is 1. The fraction of sp³-hybridized carbons (Fsp3) is 0.533. The zero-order valence-electron chi connectivity index (χ0n) is 13.2. The monoisotopic (exact) mass is 324 g/mol. The minimum Gasteiger partial charge on any atom is -0.462 e. The smallest absolute Gasteiger partial charge is 0.329 e. The number of carbonyl (C=O) groups is 1. The lowest BCUT2D eigenvalue weighted by Crippen LogP contribution is -2.30. The van der Waals surface area contributed by atoms with Crippen molar-refractivity contribution in [3.05, 3.63) is 27.1 Å². The predicted octanol–water partition coefficient (Wildman–Crippen LogP) is 2.22. The Balaban J connectivity index is 2.23. The van der Waals surface area contributed by atoms with Crippen molar-refractivity contribution < 1.29 is 14.3 Å². The molecule has 0 radical (unpaired) electrons. The molecule has 0 N–H and O–H groups in total. The van der Waals surface area contributed by atoms with E-state index in [0.717, 1.165) is 10.4 Å². The highest BCUT2D eigenvalue weighted by atomic mass is 32.1. The van der Waals surface area contributed by atoms with Crippen LogP contribution in [-0.4, -0.2) is 35.3 Å². The maximum absolute atomic E-state index is 12.6. The van der Waals surface area contributed by atoms with Gasteiger partial charge in [0.1, 0.15) is 17.5 Å². The molecule has 0 saturated carbocycles. The quantitative estimate of drug-likeness (QED) is 0.602. The Morgan fingerprint density at radius 1 is 1.41 bits per heavy atom. The lowest BCUT2D eigenvalue weighted by molar-refractivity contribution is -0.148. The van der Waals surface area contributed by atoms with Crippen LogP contribution < -0.4 is 5.56 Å². The number of esters is 1. The molecule has 0 aromatic carbocycles. The van der Waals surface area contributed by atoms with Crippen molar-refractivity contribution in [3.8, 4) is 0 Å². The Morgan fingerprint density at radius 2 is 2.14 bits per heavy atom. The summed E-state index contributed by atoms with van der Waals surface area (Å²) < 4.78 is 11.6. The fourth-order valence-electron chi connectivity index (χ4n) is 2.10. The lowest BCUT2D eigenvalue weighted by atomic mass is 10.2. The van der Waals surface area contributed by atoms with Gasteiger partial charge in [0.15, 0.2) is 0 Å². The number of nitrogens with zero attached hydrogens (tertiary/aromatic N) is 2. The first-order valence-corrected chi connectivity index (χ1v) is 8.00. The van der Waals surface area contributed by atoms with Gasteiger partial charge < -0.3 is 9.47 Å². The maximum atomic E-state index is 12.6. The van der Waals surface area contributed by atoms with E-state index in [1.165, 1.54) is 22.2 Å². The Morgan fingerprint density at radius 3 is 2.82 bits per heavy atom. The standard InChI is InChI=1S/C15H20N2O4S/c1-5-20-6-7-21-15(19)10(3)17-8-16-13-12(14(17)18)9(2)11(4)22-13/h8,10H,5-7H2,1-4H3. The van der Waals surface area contributed by atoms with Crippen LogP contribution in [0.5, 0.6) is 0 Å². The van der Waals surface area contributed by atoms with E-state index in [0.29, 0.717) is 23.4 Å². The molecule has 0 fully saturated rings. The molecule has 0 saturated heterocycles. The van der Waals surface area contributed by atoms with Crippen LogP contribution in [0.3, 0.4) is 0 Å². The number of fused-ring (bicyclic) bond motifs is 1. The molecule has 0 amide bonds. The van der Waals surface area contributed by atoms with Gasteiger partial charge in [-0.2, -0.15) is 0 Å². The molecule has 120 valence electrons. The van der Waals surface area contributed by atoms with Crippen LogP contribution in [0.25, 0.3) is 10.2 Å². The first-order valence-electron chi connectivity index (χ1n) is 7.18. The second-order valence-electron chi connectivity index (χ2n) is 4.96. The van der Waals surface area contributed by atoms with Crippen molar-refractivity contribution in [3.63, 3.8) is 0 Å². The maximum Gasteiger partial charge on any atom is 0.329 e. The highest BCUT2D eigenvalue weighted by Crippen LogP contribution is 2.25. The first kappa shape index (κ1) is 16.6. The van der Waals surface area contributed by atoms with Gasteiger partial charge in [0.2, 0.25) is 0 Å². The van der Waals surface area contributed by atoms with Gasteiger partial charge >= 0.3 is 5.97 Å². The summed E-state index contributed by atoms with van der Waals surface area (Å²) in [4.78, 5) is 30.7. The van der Waals surface area contributed by atoms with Crippen LogP contribution in [-0.2, 0) is 14.3 Å². The second kappa shape index (κ2) is 7.02. The SMILES string of the molecule is CCOCCOC(=O)C(C)n1cnc2sc(C)c(C)c2c1=O. The summed E-state index contributed by atoms with van der Waals surface area (Å²) in [7, 11) is 0. The summed E-state index contributed by atoms with van der Waals surface area (Å²) in [5.41, 5.74) is 0.713. The van der Waals surface area contributed by atoms with Crippen molar-refractivity contribution in [2.45, 2.75) is 33.7 Å². The number of hydrogen-bond acceptors (Lipinski definition) is 6. The van der Waals surface area contributed by atoms with Gasteiger partial charge in [0.25, 0.3) is 5.56 Å². The summed E-state index contributed by atoms with van der Waals surface area (Å²) in [5.74, 6) is -0.465. The van der Waals surface area contributed by atoms with Gasteiger partial charge in [0, 0.05) is 11.5 Å². The van der Waals surface area contributed by atoms with E-state index in [1.807, 2.05) is 20.8 Å². The van der Waals surface area contributed by atoms with Gasteiger partial charge in [0.05, 0.1) is 18.3 Å². The van der Waals surface area contributed by atoms with Crippen LogP contribution >= 0.6 is 11.3 Å². The number of aryl methyl sites for hydroxylation is 2. The van der Waals surface area contributed by atoms with E-state index >= 15 is 0 Å². The molecular formula is C15H20N2O4S. The molecular weight excluding hydrogens is 304 g/mol. The van der Waals surface area contributed by atoms with Gasteiger partial charge in [-0.25, -0.2) is 9.78 Å². The normalized spacial score (nSPS) is 12.5. The van der Waals surface area contributed by atoms with Crippen molar-refractivity contribution in [1.82, 2.24) is 9.55 Å². The average molecular weight is 324 g/mol. The largest absolute Gasteiger partial charge is 0.462 e. The number of aromatic nitrogens is 2. The molecule has 1 unspecified atom stereocenters. The van der Waals surface area contributed by atoms with Crippen LogP contribution in [0.1, 0.15) is 30.3 Å². The van der Waals surface area contributed by atoms with E-state index in [9.17, 15) is 9.59 Å². The number of thiophene rings is 1. The van der Waals surface area contributed by atoms with E-state index in [4.69, 9.17) is 9.47 Å². The zero-order chi connectivity index (χ0) is 16.3. The van der Waals surface area contributed by atoms with Crippen LogP contribution in [0, 0.1) is 13.8 Å². The molecule has 6 nitrogen and oxygen atoms in total. The number of hydrogen-bond donors (Lipinski definition) is 0. The molecule has 22 heavy (non-hydrogen) atoms. The molecule has 0 aliphatic rings. The van der Waals surface area contributed by atoms with Crippen molar-refractivity contribution in [2.24, 2.45) is 0 Å². The molecule has 2 heterocycles. The molecule has 7 heteroatoms. The first-order chi connectivity index (χ1) is 10.5. The average Bonchev–Trinajstić information content (AvgIpc) is 2.79. The van der Waals surface area contributed by atoms with E-state index in [-0.39, 0.29) is 12.2 Å². The second-order valence-corrected chi connectivity index (χ2v) is 6.16. The summed E-state index contributed by atoms with van der Waals surface area (Å²) in [6, 6.07) is -0.717. The molecule has 2 rings (SSSR count). The third-order valence-electron chi connectivity index (χ3n) is 3.55. The zero-order valence-corrected chi connectivity index (χ0v) is 14.0. The van der Waals surface area contributed by atoms with Crippen LogP contribution in [0.2, 0.25) is 0 Å². The van der Waals surface area contributed by atoms with Crippen molar-refractivity contribution in [1.29, 1.82) is 0 Å². The van der Waals surface area contributed by atoms with Crippen molar-refractivity contribution >= 4 is 27.5 Å². The molecule has 0 bridgehead atoms. The summed E-state index contributed by atoms with van der Waals surface area (Å²) in [6.07, 6.45) is 1.41. The molecule has 0 aliphatic heterocycles. The Hall–Kier alpha value is -1.73. The minimum atomic E-state index is -0.717. The topological polar surface area (TPSA) is 70.4 Å². The Kier molecular flexibility index (Phi) is 5.31. The van der Waals surface area contributed by atoms with Gasteiger partial charge in [-0.05, 0) is 33.3 Å². The third kappa shape index (κ3) is 3.20. The molecule has 2 aromatic heterocycles.